The minimum Gasteiger partial charge on any atom is -0.484 e. The normalized spacial score (nSPS) is 13.2. The fourth-order valence-corrected chi connectivity index (χ4v) is 3.38. The summed E-state index contributed by atoms with van der Waals surface area (Å²) < 4.78 is 5.66. The number of amides is 2. The number of nitrogens with zero attached hydrogens (tertiary/aromatic N) is 1. The van der Waals surface area contributed by atoms with Crippen LogP contribution in [0.4, 0.5) is 22.7 Å². The molecule has 1 fully saturated rings. The number of para-hydroxylation sites is 3. The van der Waals surface area contributed by atoms with Gasteiger partial charge in [-0.2, -0.15) is 0 Å². The lowest BCUT2D eigenvalue weighted by atomic mass is 10.2. The largest absolute Gasteiger partial charge is 0.484 e. The molecule has 6 nitrogen and oxygen atoms in total. The number of benzene rings is 3. The molecular weight excluding hydrogens is 378 g/mol. The van der Waals surface area contributed by atoms with E-state index in [2.05, 4.69) is 10.6 Å². The topological polar surface area (TPSA) is 70.7 Å². The van der Waals surface area contributed by atoms with Crippen molar-refractivity contribution in [1.29, 1.82) is 0 Å². The predicted molar refractivity (Wildman–Crippen MR) is 118 cm³/mol. The Balaban J connectivity index is 1.37. The second-order valence-corrected chi connectivity index (χ2v) is 7.02. The van der Waals surface area contributed by atoms with Crippen LogP contribution in [0.1, 0.15) is 12.8 Å². The molecule has 2 amide bonds. The van der Waals surface area contributed by atoms with Gasteiger partial charge in [0.15, 0.2) is 6.61 Å². The molecule has 1 aliphatic heterocycles. The summed E-state index contributed by atoms with van der Waals surface area (Å²) in [5, 5.41) is 6.19. The highest BCUT2D eigenvalue weighted by Gasteiger charge is 2.21. The van der Waals surface area contributed by atoms with Gasteiger partial charge in [-0.3, -0.25) is 9.59 Å². The van der Waals surface area contributed by atoms with Gasteiger partial charge >= 0.3 is 0 Å². The minimum absolute atomic E-state index is 0.118. The van der Waals surface area contributed by atoms with Gasteiger partial charge in [0, 0.05) is 30.4 Å². The fourth-order valence-electron chi connectivity index (χ4n) is 3.38. The number of anilines is 4. The Kier molecular flexibility index (Phi) is 5.94. The van der Waals surface area contributed by atoms with Crippen LogP contribution in [0.15, 0.2) is 78.9 Å². The molecule has 1 aliphatic rings. The number of rotatable bonds is 7. The number of hydrogen-bond acceptors (Lipinski definition) is 4. The molecule has 0 radical (unpaired) electrons. The standard InChI is InChI=1S/C24H23N3O3/c28-23(17-30-20-11-6-10-19(16-20)27-15-7-14-24(27)29)26-22-13-5-4-12-21(22)25-18-8-2-1-3-9-18/h1-6,8-13,16,25H,7,14-15,17H2,(H,26,28). The van der Waals surface area contributed by atoms with Crippen molar-refractivity contribution in [2.75, 3.05) is 28.7 Å². The lowest BCUT2D eigenvalue weighted by molar-refractivity contribution is -0.118. The van der Waals surface area contributed by atoms with Gasteiger partial charge in [-0.25, -0.2) is 0 Å². The Morgan fingerprint density at radius 2 is 1.70 bits per heavy atom. The van der Waals surface area contributed by atoms with Crippen LogP contribution in [0.5, 0.6) is 5.75 Å². The Bertz CT molecular complexity index is 1040. The molecule has 152 valence electrons. The van der Waals surface area contributed by atoms with Crippen LogP contribution < -0.4 is 20.3 Å². The van der Waals surface area contributed by atoms with Gasteiger partial charge in [-0.15, -0.1) is 0 Å². The number of ether oxygens (including phenoxy) is 1. The molecule has 1 heterocycles. The van der Waals surface area contributed by atoms with Crippen LogP contribution in [-0.4, -0.2) is 25.0 Å². The molecule has 0 aromatic heterocycles. The Morgan fingerprint density at radius 3 is 2.47 bits per heavy atom. The second-order valence-electron chi connectivity index (χ2n) is 7.02. The third-order valence-electron chi connectivity index (χ3n) is 4.83. The quantitative estimate of drug-likeness (QED) is 0.608. The summed E-state index contributed by atoms with van der Waals surface area (Å²) in [7, 11) is 0. The van der Waals surface area contributed by atoms with Crippen LogP contribution in [0.2, 0.25) is 0 Å². The average Bonchev–Trinajstić information content (AvgIpc) is 3.20. The molecule has 2 N–H and O–H groups in total. The Hall–Kier alpha value is -3.80. The first-order chi connectivity index (χ1) is 14.7. The molecule has 1 saturated heterocycles. The van der Waals surface area contributed by atoms with Gasteiger partial charge < -0.3 is 20.3 Å². The van der Waals surface area contributed by atoms with Gasteiger partial charge in [0.05, 0.1) is 11.4 Å². The SMILES string of the molecule is O=C(COc1cccc(N2CCCC2=O)c1)Nc1ccccc1Nc1ccccc1. The first kappa shape index (κ1) is 19.5. The second kappa shape index (κ2) is 9.13. The molecule has 0 saturated carbocycles. The van der Waals surface area contributed by atoms with E-state index in [-0.39, 0.29) is 18.4 Å². The average molecular weight is 401 g/mol. The summed E-state index contributed by atoms with van der Waals surface area (Å²) >= 11 is 0. The first-order valence-electron chi connectivity index (χ1n) is 9.93. The van der Waals surface area contributed by atoms with Gasteiger partial charge in [-0.1, -0.05) is 36.4 Å². The highest BCUT2D eigenvalue weighted by Crippen LogP contribution is 2.26. The van der Waals surface area contributed by atoms with E-state index in [1.807, 2.05) is 66.7 Å². The van der Waals surface area contributed by atoms with E-state index in [4.69, 9.17) is 4.74 Å². The van der Waals surface area contributed by atoms with Crippen molar-refractivity contribution < 1.29 is 14.3 Å². The van der Waals surface area contributed by atoms with E-state index in [0.717, 1.165) is 23.5 Å². The third kappa shape index (κ3) is 4.78. The monoisotopic (exact) mass is 401 g/mol. The zero-order chi connectivity index (χ0) is 20.8. The van der Waals surface area contributed by atoms with E-state index in [1.54, 1.807) is 17.0 Å². The molecule has 0 atom stereocenters. The maximum atomic E-state index is 12.5. The predicted octanol–water partition coefficient (Wildman–Crippen LogP) is 4.57. The summed E-state index contributed by atoms with van der Waals surface area (Å²) in [6.07, 6.45) is 1.44. The lowest BCUT2D eigenvalue weighted by Crippen LogP contribution is -2.24. The lowest BCUT2D eigenvalue weighted by Gasteiger charge is -2.17. The number of hydrogen-bond donors (Lipinski definition) is 2. The summed E-state index contributed by atoms with van der Waals surface area (Å²) in [5.41, 5.74) is 3.20. The zero-order valence-corrected chi connectivity index (χ0v) is 16.5. The van der Waals surface area contributed by atoms with Crippen LogP contribution in [-0.2, 0) is 9.59 Å². The van der Waals surface area contributed by atoms with Gasteiger partial charge in [0.25, 0.3) is 5.91 Å². The molecule has 30 heavy (non-hydrogen) atoms. The van der Waals surface area contributed by atoms with Gasteiger partial charge in [-0.05, 0) is 42.8 Å². The van der Waals surface area contributed by atoms with E-state index >= 15 is 0 Å². The molecule has 6 heteroatoms. The maximum Gasteiger partial charge on any atom is 0.262 e. The number of nitrogens with one attached hydrogen (secondary N) is 2. The highest BCUT2D eigenvalue weighted by atomic mass is 16.5. The molecule has 0 aliphatic carbocycles. The van der Waals surface area contributed by atoms with Crippen molar-refractivity contribution in [3.63, 3.8) is 0 Å². The van der Waals surface area contributed by atoms with Crippen molar-refractivity contribution in [3.05, 3.63) is 78.9 Å². The Morgan fingerprint density at radius 1 is 0.933 bits per heavy atom. The molecule has 0 unspecified atom stereocenters. The van der Waals surface area contributed by atoms with Crippen LogP contribution in [0.3, 0.4) is 0 Å². The van der Waals surface area contributed by atoms with Crippen molar-refractivity contribution in [2.45, 2.75) is 12.8 Å². The van der Waals surface area contributed by atoms with E-state index in [0.29, 0.717) is 24.4 Å². The number of carbonyl (C=O) groups is 2. The Labute approximate surface area is 175 Å². The van der Waals surface area contributed by atoms with Gasteiger partial charge in [0.1, 0.15) is 5.75 Å². The molecule has 0 bridgehead atoms. The van der Waals surface area contributed by atoms with E-state index in [9.17, 15) is 9.59 Å². The fraction of sp³-hybridized carbons (Fsp3) is 0.167. The highest BCUT2D eigenvalue weighted by molar-refractivity contribution is 5.96. The van der Waals surface area contributed by atoms with Crippen molar-refractivity contribution in [2.24, 2.45) is 0 Å². The molecular formula is C24H23N3O3. The molecule has 4 rings (SSSR count). The minimum atomic E-state index is -0.264. The molecule has 3 aromatic carbocycles. The van der Waals surface area contributed by atoms with Crippen molar-refractivity contribution >= 4 is 34.6 Å². The number of carbonyl (C=O) groups excluding carboxylic acids is 2. The summed E-state index contributed by atoms with van der Waals surface area (Å²) in [4.78, 5) is 26.1. The van der Waals surface area contributed by atoms with E-state index < -0.39 is 0 Å². The summed E-state index contributed by atoms with van der Waals surface area (Å²) in [5.74, 6) is 0.408. The van der Waals surface area contributed by atoms with Crippen LogP contribution in [0.25, 0.3) is 0 Å². The molecule has 3 aromatic rings. The zero-order valence-electron chi connectivity index (χ0n) is 16.5. The van der Waals surface area contributed by atoms with Crippen LogP contribution in [0, 0.1) is 0 Å². The molecule has 0 spiro atoms. The summed E-state index contributed by atoms with van der Waals surface area (Å²) in [6.45, 7) is 0.588. The third-order valence-corrected chi connectivity index (χ3v) is 4.83. The smallest absolute Gasteiger partial charge is 0.262 e. The summed E-state index contributed by atoms with van der Waals surface area (Å²) in [6, 6.07) is 24.5. The van der Waals surface area contributed by atoms with Crippen LogP contribution >= 0.6 is 0 Å². The first-order valence-corrected chi connectivity index (χ1v) is 9.93. The maximum absolute atomic E-state index is 12.5. The van der Waals surface area contributed by atoms with Crippen molar-refractivity contribution in [1.82, 2.24) is 0 Å². The van der Waals surface area contributed by atoms with Gasteiger partial charge in [0.2, 0.25) is 5.91 Å². The van der Waals surface area contributed by atoms with Crippen molar-refractivity contribution in [3.8, 4) is 5.75 Å². The van der Waals surface area contributed by atoms with E-state index in [1.165, 1.54) is 0 Å².